The van der Waals surface area contributed by atoms with Gasteiger partial charge >= 0.3 is 0 Å². The second-order valence-electron chi connectivity index (χ2n) is 3.82. The lowest BCUT2D eigenvalue weighted by atomic mass is 10.2. The molecule has 0 aliphatic carbocycles. The summed E-state index contributed by atoms with van der Waals surface area (Å²) in [6.45, 7) is 0.0439. The van der Waals surface area contributed by atoms with Crippen molar-refractivity contribution in [1.82, 2.24) is 10.3 Å². The molecule has 1 aromatic heterocycles. The number of nitrogens with one attached hydrogen (secondary N) is 1. The van der Waals surface area contributed by atoms with Gasteiger partial charge in [0.1, 0.15) is 11.6 Å². The number of nitrogens with zero attached hydrogens (tertiary/aromatic N) is 1. The van der Waals surface area contributed by atoms with Crippen LogP contribution in [-0.4, -0.2) is 10.9 Å². The predicted octanol–water partition coefficient (Wildman–Crippen LogP) is 3.05. The van der Waals surface area contributed by atoms with Crippen molar-refractivity contribution in [3.05, 3.63) is 63.9 Å². The molecule has 3 nitrogen and oxygen atoms in total. The Bertz CT molecular complexity index is 599. The number of amides is 1. The van der Waals surface area contributed by atoms with Crippen LogP contribution in [0.1, 0.15) is 15.9 Å². The zero-order valence-electron chi connectivity index (χ0n) is 9.66. The molecule has 1 amide bonds. The first-order chi connectivity index (χ1) is 9.06. The summed E-state index contributed by atoms with van der Waals surface area (Å²) in [6, 6.07) is 4.67. The van der Waals surface area contributed by atoms with Crippen LogP contribution in [0.3, 0.4) is 0 Å². The molecular formula is C13H9BrF2N2O. The third kappa shape index (κ3) is 3.57. The first-order valence-electron chi connectivity index (χ1n) is 5.39. The molecule has 0 aliphatic heterocycles. The maximum atomic E-state index is 13.0. The monoisotopic (exact) mass is 326 g/mol. The van der Waals surface area contributed by atoms with Gasteiger partial charge in [0.2, 0.25) is 0 Å². The van der Waals surface area contributed by atoms with Gasteiger partial charge in [-0.3, -0.25) is 9.78 Å². The summed E-state index contributed by atoms with van der Waals surface area (Å²) < 4.78 is 26.5. The minimum Gasteiger partial charge on any atom is -0.348 e. The standard InChI is InChI=1S/C13H9BrF2N2O/c14-12-7-17-2-1-11(12)13(19)18-6-8-3-9(15)5-10(16)4-8/h1-5,7H,6H2,(H,18,19). The number of carbonyl (C=O) groups excluding carboxylic acids is 1. The summed E-state index contributed by atoms with van der Waals surface area (Å²) in [7, 11) is 0. The van der Waals surface area contributed by atoms with Crippen molar-refractivity contribution in [3.8, 4) is 0 Å². The average molecular weight is 327 g/mol. The molecule has 6 heteroatoms. The Morgan fingerprint density at radius 2 is 1.95 bits per heavy atom. The molecule has 0 aliphatic rings. The topological polar surface area (TPSA) is 42.0 Å². The highest BCUT2D eigenvalue weighted by Gasteiger charge is 2.09. The average Bonchev–Trinajstić information content (AvgIpc) is 2.35. The van der Waals surface area contributed by atoms with E-state index in [-0.39, 0.29) is 12.5 Å². The van der Waals surface area contributed by atoms with E-state index in [2.05, 4.69) is 26.2 Å². The van der Waals surface area contributed by atoms with Crippen LogP contribution in [0.15, 0.2) is 41.1 Å². The first-order valence-corrected chi connectivity index (χ1v) is 6.18. The third-order valence-corrected chi connectivity index (χ3v) is 3.02. The number of halogens is 3. The van der Waals surface area contributed by atoms with Gasteiger partial charge in [-0.1, -0.05) is 0 Å². The van der Waals surface area contributed by atoms with Crippen LogP contribution < -0.4 is 5.32 Å². The quantitative estimate of drug-likeness (QED) is 0.941. The van der Waals surface area contributed by atoms with Gasteiger partial charge in [-0.2, -0.15) is 0 Å². The number of rotatable bonds is 3. The second-order valence-corrected chi connectivity index (χ2v) is 4.67. The van der Waals surface area contributed by atoms with E-state index < -0.39 is 11.6 Å². The molecule has 0 spiro atoms. The Morgan fingerprint density at radius 1 is 1.26 bits per heavy atom. The second kappa shape index (κ2) is 5.88. The fourth-order valence-corrected chi connectivity index (χ4v) is 1.98. The van der Waals surface area contributed by atoms with Crippen molar-refractivity contribution < 1.29 is 13.6 Å². The van der Waals surface area contributed by atoms with Crippen molar-refractivity contribution >= 4 is 21.8 Å². The molecular weight excluding hydrogens is 318 g/mol. The lowest BCUT2D eigenvalue weighted by Crippen LogP contribution is -2.23. The first kappa shape index (κ1) is 13.6. The summed E-state index contributed by atoms with van der Waals surface area (Å²) in [6.07, 6.45) is 2.98. The minimum absolute atomic E-state index is 0.0439. The summed E-state index contributed by atoms with van der Waals surface area (Å²) in [5.74, 6) is -1.69. The number of aromatic nitrogens is 1. The number of pyridine rings is 1. The van der Waals surface area contributed by atoms with Gasteiger partial charge in [0, 0.05) is 29.5 Å². The van der Waals surface area contributed by atoms with Crippen LogP contribution in [0.4, 0.5) is 8.78 Å². The molecule has 1 heterocycles. The number of hydrogen-bond donors (Lipinski definition) is 1. The summed E-state index contributed by atoms with van der Waals surface area (Å²) in [4.78, 5) is 15.7. The molecule has 0 bridgehead atoms. The molecule has 0 unspecified atom stereocenters. The van der Waals surface area contributed by atoms with Gasteiger partial charge in [-0.05, 0) is 39.7 Å². The van der Waals surface area contributed by atoms with Crippen molar-refractivity contribution in [2.24, 2.45) is 0 Å². The van der Waals surface area contributed by atoms with E-state index in [0.717, 1.165) is 6.07 Å². The van der Waals surface area contributed by atoms with Crippen molar-refractivity contribution in [2.75, 3.05) is 0 Å². The van der Waals surface area contributed by atoms with E-state index in [9.17, 15) is 13.6 Å². The lowest BCUT2D eigenvalue weighted by Gasteiger charge is -2.07. The Morgan fingerprint density at radius 3 is 2.58 bits per heavy atom. The Balaban J connectivity index is 2.07. The van der Waals surface area contributed by atoms with E-state index in [0.29, 0.717) is 15.6 Å². The van der Waals surface area contributed by atoms with Gasteiger partial charge < -0.3 is 5.32 Å². The predicted molar refractivity (Wildman–Crippen MR) is 69.5 cm³/mol. The van der Waals surface area contributed by atoms with Crippen LogP contribution in [0.25, 0.3) is 0 Å². The van der Waals surface area contributed by atoms with Gasteiger partial charge in [-0.15, -0.1) is 0 Å². The molecule has 0 saturated heterocycles. The van der Waals surface area contributed by atoms with Crippen molar-refractivity contribution in [2.45, 2.75) is 6.54 Å². The number of benzene rings is 1. The molecule has 0 saturated carbocycles. The zero-order chi connectivity index (χ0) is 13.8. The Hall–Kier alpha value is -1.82. The summed E-state index contributed by atoms with van der Waals surface area (Å²) in [5.41, 5.74) is 0.767. The smallest absolute Gasteiger partial charge is 0.252 e. The highest BCUT2D eigenvalue weighted by atomic mass is 79.9. The van der Waals surface area contributed by atoms with E-state index >= 15 is 0 Å². The third-order valence-electron chi connectivity index (χ3n) is 2.39. The van der Waals surface area contributed by atoms with Crippen LogP contribution in [0, 0.1) is 11.6 Å². The van der Waals surface area contributed by atoms with E-state index in [4.69, 9.17) is 0 Å². The minimum atomic E-state index is -0.672. The normalized spacial score (nSPS) is 10.3. The van der Waals surface area contributed by atoms with E-state index in [1.54, 1.807) is 6.07 Å². The number of hydrogen-bond acceptors (Lipinski definition) is 2. The highest BCUT2D eigenvalue weighted by Crippen LogP contribution is 2.14. The summed E-state index contributed by atoms with van der Waals surface area (Å²) >= 11 is 3.20. The SMILES string of the molecule is O=C(NCc1cc(F)cc(F)c1)c1ccncc1Br. The molecule has 2 aromatic rings. The Kier molecular flexibility index (Phi) is 4.21. The van der Waals surface area contributed by atoms with Crippen LogP contribution in [0.5, 0.6) is 0 Å². The molecule has 2 rings (SSSR count). The van der Waals surface area contributed by atoms with Gasteiger partial charge in [-0.25, -0.2) is 8.78 Å². The van der Waals surface area contributed by atoms with E-state index in [1.807, 2.05) is 0 Å². The lowest BCUT2D eigenvalue weighted by molar-refractivity contribution is 0.0950. The molecule has 0 atom stereocenters. The molecule has 19 heavy (non-hydrogen) atoms. The van der Waals surface area contributed by atoms with Gasteiger partial charge in [0.15, 0.2) is 0 Å². The van der Waals surface area contributed by atoms with Crippen molar-refractivity contribution in [1.29, 1.82) is 0 Å². The van der Waals surface area contributed by atoms with Crippen molar-refractivity contribution in [3.63, 3.8) is 0 Å². The zero-order valence-corrected chi connectivity index (χ0v) is 11.2. The molecule has 0 fully saturated rings. The van der Waals surface area contributed by atoms with Crippen LogP contribution >= 0.6 is 15.9 Å². The van der Waals surface area contributed by atoms with Crippen LogP contribution in [0.2, 0.25) is 0 Å². The Labute approximate surface area is 116 Å². The van der Waals surface area contributed by atoms with Crippen LogP contribution in [-0.2, 0) is 6.54 Å². The highest BCUT2D eigenvalue weighted by molar-refractivity contribution is 9.10. The molecule has 98 valence electrons. The van der Waals surface area contributed by atoms with E-state index in [1.165, 1.54) is 24.5 Å². The number of carbonyl (C=O) groups is 1. The summed E-state index contributed by atoms with van der Waals surface area (Å²) in [5, 5.41) is 2.58. The van der Waals surface area contributed by atoms with Gasteiger partial charge in [0.25, 0.3) is 5.91 Å². The molecule has 0 radical (unpaired) electrons. The maximum absolute atomic E-state index is 13.0. The van der Waals surface area contributed by atoms with Gasteiger partial charge in [0.05, 0.1) is 5.56 Å². The maximum Gasteiger partial charge on any atom is 0.252 e. The molecule has 1 aromatic carbocycles. The largest absolute Gasteiger partial charge is 0.348 e. The molecule has 1 N–H and O–H groups in total. The fourth-order valence-electron chi connectivity index (χ4n) is 1.55. The fraction of sp³-hybridized carbons (Fsp3) is 0.0769.